The molecule has 0 spiro atoms. The fourth-order valence-electron chi connectivity index (χ4n) is 3.76. The molecular weight excluding hydrogens is 278 g/mol. The first-order valence-electron chi connectivity index (χ1n) is 8.23. The normalized spacial score (nSPS) is 31.2. The minimum Gasteiger partial charge on any atom is -0.380 e. The smallest absolute Gasteiger partial charge is 0.230 e. The van der Waals surface area contributed by atoms with E-state index >= 15 is 0 Å². The minimum absolute atomic E-state index is 0.208. The molecule has 1 saturated carbocycles. The number of likely N-dealkylation sites (tertiary alicyclic amines) is 1. The maximum atomic E-state index is 12.8. The van der Waals surface area contributed by atoms with E-state index < -0.39 is 0 Å². The molecule has 2 aliphatic heterocycles. The van der Waals surface area contributed by atoms with Crippen LogP contribution in [0.15, 0.2) is 24.5 Å². The number of ether oxygens (including phenoxy) is 1. The molecule has 0 aromatic carbocycles. The number of amides is 1. The Balaban J connectivity index is 1.43. The number of fused-ring (bicyclic) bond motifs is 1. The lowest BCUT2D eigenvalue weighted by Gasteiger charge is -2.26. The lowest BCUT2D eigenvalue weighted by molar-refractivity contribution is -0.131. The predicted molar refractivity (Wildman–Crippen MR) is 82.0 cm³/mol. The number of hydrogen-bond acceptors (Lipinski definition) is 4. The Morgan fingerprint density at radius 3 is 3.00 bits per heavy atom. The SMILES string of the molecule is O=C(NCC1CC1)[C@]12COC[C@H]1CN(Cc1ccncc1)C2. The zero-order valence-electron chi connectivity index (χ0n) is 12.8. The Kier molecular flexibility index (Phi) is 3.62. The third-order valence-corrected chi connectivity index (χ3v) is 5.30. The topological polar surface area (TPSA) is 54.5 Å². The molecule has 2 atom stereocenters. The van der Waals surface area contributed by atoms with Crippen LogP contribution in [0, 0.1) is 17.3 Å². The molecule has 0 unspecified atom stereocenters. The molecule has 3 fully saturated rings. The van der Waals surface area contributed by atoms with Crippen molar-refractivity contribution in [3.63, 3.8) is 0 Å². The summed E-state index contributed by atoms with van der Waals surface area (Å²) >= 11 is 0. The van der Waals surface area contributed by atoms with Crippen LogP contribution in [-0.4, -0.2) is 48.6 Å². The largest absolute Gasteiger partial charge is 0.380 e. The molecule has 5 heteroatoms. The Morgan fingerprint density at radius 1 is 1.41 bits per heavy atom. The Bertz CT molecular complexity index is 546. The molecule has 1 aliphatic carbocycles. The van der Waals surface area contributed by atoms with Gasteiger partial charge in [0.05, 0.1) is 18.6 Å². The van der Waals surface area contributed by atoms with Gasteiger partial charge in [0.15, 0.2) is 0 Å². The number of hydrogen-bond donors (Lipinski definition) is 1. The van der Waals surface area contributed by atoms with Gasteiger partial charge in [-0.15, -0.1) is 0 Å². The minimum atomic E-state index is -0.331. The van der Waals surface area contributed by atoms with Gasteiger partial charge in [0.25, 0.3) is 0 Å². The van der Waals surface area contributed by atoms with Crippen molar-refractivity contribution < 1.29 is 9.53 Å². The molecule has 1 N–H and O–H groups in total. The summed E-state index contributed by atoms with van der Waals surface area (Å²) < 4.78 is 5.66. The molecule has 1 amide bonds. The molecule has 2 saturated heterocycles. The highest BCUT2D eigenvalue weighted by molar-refractivity contribution is 5.84. The van der Waals surface area contributed by atoms with E-state index in [1.165, 1.54) is 18.4 Å². The third-order valence-electron chi connectivity index (χ3n) is 5.30. The standard InChI is InChI=1S/C17H23N3O2/c21-16(19-7-13-1-2-13)17-11-20(9-15(17)10-22-12-17)8-14-3-5-18-6-4-14/h3-6,13,15H,1-2,7-12H2,(H,19,21)/t15-,17-/m1/s1. The Labute approximate surface area is 131 Å². The molecule has 3 heterocycles. The fourth-order valence-corrected chi connectivity index (χ4v) is 3.76. The summed E-state index contributed by atoms with van der Waals surface area (Å²) in [7, 11) is 0. The Hall–Kier alpha value is -1.46. The number of rotatable bonds is 5. The second kappa shape index (κ2) is 5.63. The maximum Gasteiger partial charge on any atom is 0.230 e. The molecule has 0 radical (unpaired) electrons. The van der Waals surface area contributed by atoms with Crippen molar-refractivity contribution >= 4 is 5.91 Å². The number of aromatic nitrogens is 1. The van der Waals surface area contributed by atoms with Gasteiger partial charge in [-0.2, -0.15) is 0 Å². The van der Waals surface area contributed by atoms with Crippen LogP contribution < -0.4 is 5.32 Å². The van der Waals surface area contributed by atoms with Gasteiger partial charge in [0.2, 0.25) is 5.91 Å². The third kappa shape index (κ3) is 2.63. The van der Waals surface area contributed by atoms with Crippen molar-refractivity contribution in [3.05, 3.63) is 30.1 Å². The van der Waals surface area contributed by atoms with Crippen molar-refractivity contribution in [2.75, 3.05) is 32.8 Å². The van der Waals surface area contributed by atoms with Crippen molar-refractivity contribution in [2.45, 2.75) is 19.4 Å². The number of nitrogens with zero attached hydrogens (tertiary/aromatic N) is 2. The maximum absolute atomic E-state index is 12.8. The second-order valence-corrected chi connectivity index (χ2v) is 7.05. The average Bonchev–Trinajstić information content (AvgIpc) is 3.17. The molecule has 3 aliphatic rings. The van der Waals surface area contributed by atoms with E-state index in [2.05, 4.69) is 15.2 Å². The van der Waals surface area contributed by atoms with Crippen LogP contribution in [0.5, 0.6) is 0 Å². The summed E-state index contributed by atoms with van der Waals surface area (Å²) in [5.74, 6) is 1.25. The lowest BCUT2D eigenvalue weighted by Crippen LogP contribution is -2.47. The monoisotopic (exact) mass is 301 g/mol. The highest BCUT2D eigenvalue weighted by Gasteiger charge is 2.55. The van der Waals surface area contributed by atoms with Gasteiger partial charge in [-0.05, 0) is 36.5 Å². The van der Waals surface area contributed by atoms with Crippen LogP contribution in [0.2, 0.25) is 0 Å². The molecule has 1 aromatic heterocycles. The molecule has 118 valence electrons. The summed E-state index contributed by atoms with van der Waals surface area (Å²) in [6.07, 6.45) is 6.18. The first-order valence-corrected chi connectivity index (χ1v) is 8.23. The van der Waals surface area contributed by atoms with E-state index in [9.17, 15) is 4.79 Å². The van der Waals surface area contributed by atoms with Gasteiger partial charge in [0.1, 0.15) is 0 Å². The molecule has 5 nitrogen and oxygen atoms in total. The first kappa shape index (κ1) is 14.2. The van der Waals surface area contributed by atoms with Crippen molar-refractivity contribution in [1.29, 1.82) is 0 Å². The molecular formula is C17H23N3O2. The highest BCUT2D eigenvalue weighted by Crippen LogP contribution is 2.42. The van der Waals surface area contributed by atoms with Gasteiger partial charge in [-0.1, -0.05) is 0 Å². The lowest BCUT2D eigenvalue weighted by atomic mass is 9.80. The van der Waals surface area contributed by atoms with Crippen molar-refractivity contribution in [2.24, 2.45) is 17.3 Å². The van der Waals surface area contributed by atoms with Gasteiger partial charge < -0.3 is 10.1 Å². The van der Waals surface area contributed by atoms with Gasteiger partial charge in [-0.3, -0.25) is 14.7 Å². The van der Waals surface area contributed by atoms with E-state index in [1.54, 1.807) is 0 Å². The predicted octanol–water partition coefficient (Wildman–Crippen LogP) is 1.06. The summed E-state index contributed by atoms with van der Waals surface area (Å²) in [5.41, 5.74) is 0.923. The van der Waals surface area contributed by atoms with E-state index in [0.717, 1.165) is 32.1 Å². The van der Waals surface area contributed by atoms with E-state index in [4.69, 9.17) is 4.74 Å². The second-order valence-electron chi connectivity index (χ2n) is 7.05. The summed E-state index contributed by atoms with van der Waals surface area (Å²) in [6, 6.07) is 4.09. The molecule has 1 aromatic rings. The number of carbonyl (C=O) groups excluding carboxylic acids is 1. The van der Waals surface area contributed by atoms with Crippen LogP contribution in [-0.2, 0) is 16.1 Å². The number of nitrogens with one attached hydrogen (secondary N) is 1. The van der Waals surface area contributed by atoms with Crippen molar-refractivity contribution in [1.82, 2.24) is 15.2 Å². The summed E-state index contributed by atoms with van der Waals surface area (Å²) in [6.45, 7) is 4.76. The average molecular weight is 301 g/mol. The first-order chi connectivity index (χ1) is 10.8. The molecule has 22 heavy (non-hydrogen) atoms. The summed E-state index contributed by atoms with van der Waals surface area (Å²) in [5, 5.41) is 3.18. The van der Waals surface area contributed by atoms with Crippen LogP contribution in [0.1, 0.15) is 18.4 Å². The zero-order chi connectivity index (χ0) is 15.0. The van der Waals surface area contributed by atoms with E-state index in [1.807, 2.05) is 24.5 Å². The quantitative estimate of drug-likeness (QED) is 0.883. The summed E-state index contributed by atoms with van der Waals surface area (Å²) in [4.78, 5) is 19.2. The molecule has 4 rings (SSSR count). The number of pyridine rings is 1. The van der Waals surface area contributed by atoms with Crippen LogP contribution >= 0.6 is 0 Å². The van der Waals surface area contributed by atoms with Crippen molar-refractivity contribution in [3.8, 4) is 0 Å². The van der Waals surface area contributed by atoms with Gasteiger partial charge >= 0.3 is 0 Å². The molecule has 0 bridgehead atoms. The highest BCUT2D eigenvalue weighted by atomic mass is 16.5. The fraction of sp³-hybridized carbons (Fsp3) is 0.647. The van der Waals surface area contributed by atoms with Crippen LogP contribution in [0.3, 0.4) is 0 Å². The van der Waals surface area contributed by atoms with Gasteiger partial charge in [-0.25, -0.2) is 0 Å². The van der Waals surface area contributed by atoms with Gasteiger partial charge in [0, 0.05) is 44.5 Å². The van der Waals surface area contributed by atoms with E-state index in [0.29, 0.717) is 19.1 Å². The van der Waals surface area contributed by atoms with E-state index in [-0.39, 0.29) is 11.3 Å². The zero-order valence-corrected chi connectivity index (χ0v) is 12.8. The Morgan fingerprint density at radius 2 is 2.23 bits per heavy atom. The van der Waals surface area contributed by atoms with Crippen LogP contribution in [0.25, 0.3) is 0 Å². The van der Waals surface area contributed by atoms with Crippen LogP contribution in [0.4, 0.5) is 0 Å². The number of carbonyl (C=O) groups is 1.